The molecule has 1 unspecified atom stereocenters. The number of carbonyl (C=O) groups is 1. The highest BCUT2D eigenvalue weighted by atomic mass is 19.3. The van der Waals surface area contributed by atoms with E-state index in [4.69, 9.17) is 9.47 Å². The minimum Gasteiger partial charge on any atom is -0.496 e. The molecule has 1 heterocycles. The summed E-state index contributed by atoms with van der Waals surface area (Å²) in [6, 6.07) is 4.97. The van der Waals surface area contributed by atoms with Gasteiger partial charge in [-0.3, -0.25) is 9.79 Å². The van der Waals surface area contributed by atoms with Crippen LogP contribution in [0.15, 0.2) is 58.2 Å². The number of aliphatic imine (C=N–C) groups is 2. The highest BCUT2D eigenvalue weighted by Crippen LogP contribution is 2.29. The lowest BCUT2D eigenvalue weighted by Gasteiger charge is -2.24. The van der Waals surface area contributed by atoms with Crippen LogP contribution in [-0.4, -0.2) is 57.3 Å². The van der Waals surface area contributed by atoms with E-state index in [1.54, 1.807) is 32.5 Å². The molecule has 1 aromatic rings. The number of rotatable bonds is 10. The number of allylic oxidation sites excluding steroid dienone is 4. The highest BCUT2D eigenvalue weighted by Gasteiger charge is 2.24. The number of halogens is 2. The first kappa shape index (κ1) is 25.9. The number of hydrogen-bond acceptors (Lipinski definition) is 7. The molecule has 0 aromatic heterocycles. The zero-order valence-electron chi connectivity index (χ0n) is 19.5. The van der Waals surface area contributed by atoms with Crippen molar-refractivity contribution in [3.63, 3.8) is 0 Å². The van der Waals surface area contributed by atoms with Crippen molar-refractivity contribution >= 4 is 29.2 Å². The van der Waals surface area contributed by atoms with Crippen molar-refractivity contribution in [1.29, 1.82) is 0 Å². The summed E-state index contributed by atoms with van der Waals surface area (Å²) in [5.41, 5.74) is 3.39. The second kappa shape index (κ2) is 11.5. The maximum atomic E-state index is 13.0. The number of nitrogens with one attached hydrogen (secondary N) is 2. The van der Waals surface area contributed by atoms with Crippen LogP contribution in [0.1, 0.15) is 26.3 Å². The van der Waals surface area contributed by atoms with Gasteiger partial charge in [-0.05, 0) is 25.1 Å². The number of nitrogens with zero attached hydrogens (tertiary/aromatic N) is 2. The number of carbonyl (C=O) groups excluding carboxylic acids is 1. The van der Waals surface area contributed by atoms with E-state index in [2.05, 4.69) is 27.2 Å². The Kier molecular flexibility index (Phi) is 9.04. The van der Waals surface area contributed by atoms with Crippen LogP contribution in [0.3, 0.4) is 0 Å². The molecule has 9 heteroatoms. The van der Waals surface area contributed by atoms with Crippen LogP contribution in [0.2, 0.25) is 0 Å². The van der Waals surface area contributed by atoms with E-state index in [0.29, 0.717) is 17.4 Å². The van der Waals surface area contributed by atoms with Crippen molar-refractivity contribution < 1.29 is 23.0 Å². The lowest BCUT2D eigenvalue weighted by Crippen LogP contribution is -2.44. The van der Waals surface area contributed by atoms with Gasteiger partial charge in [0.25, 0.3) is 5.92 Å². The van der Waals surface area contributed by atoms with Crippen LogP contribution < -0.4 is 15.4 Å². The summed E-state index contributed by atoms with van der Waals surface area (Å²) >= 11 is 0. The number of methoxy groups -OCH3 is 1. The minimum absolute atomic E-state index is 0.0470. The molecule has 0 bridgehead atoms. The topological polar surface area (TPSA) is 84.3 Å². The third-order valence-electron chi connectivity index (χ3n) is 4.37. The summed E-state index contributed by atoms with van der Waals surface area (Å²) in [5.74, 6) is -2.30. The molecule has 0 radical (unpaired) electrons. The average molecular weight is 461 g/mol. The predicted molar refractivity (Wildman–Crippen MR) is 128 cm³/mol. The number of hydrogen-bond donors (Lipinski definition) is 2. The van der Waals surface area contributed by atoms with Crippen molar-refractivity contribution in [3.8, 4) is 5.75 Å². The minimum atomic E-state index is -2.94. The molecule has 0 saturated carbocycles. The fourth-order valence-electron chi connectivity index (χ4n) is 3.05. The Bertz CT molecular complexity index is 1010. The predicted octanol–water partition coefficient (Wildman–Crippen LogP) is 4.24. The Morgan fingerprint density at radius 2 is 2.12 bits per heavy atom. The second-order valence-corrected chi connectivity index (χ2v) is 7.78. The maximum absolute atomic E-state index is 13.0. The third kappa shape index (κ3) is 8.27. The quantitative estimate of drug-likeness (QED) is 0.403. The van der Waals surface area contributed by atoms with Crippen molar-refractivity contribution in [2.75, 3.05) is 32.7 Å². The van der Waals surface area contributed by atoms with Crippen molar-refractivity contribution in [2.24, 2.45) is 9.98 Å². The van der Waals surface area contributed by atoms with E-state index >= 15 is 0 Å². The van der Waals surface area contributed by atoms with Crippen LogP contribution >= 0.6 is 0 Å². The normalized spacial score (nSPS) is 16.7. The molecule has 0 aliphatic carbocycles. The molecule has 0 saturated heterocycles. The van der Waals surface area contributed by atoms with Gasteiger partial charge < -0.3 is 20.1 Å². The van der Waals surface area contributed by atoms with E-state index < -0.39 is 18.6 Å². The fraction of sp³-hybridized carbons (Fsp3) is 0.375. The molecule has 7 nitrogen and oxygen atoms in total. The molecular formula is C24H30F2N4O3. The lowest BCUT2D eigenvalue weighted by molar-refractivity contribution is -0.113. The second-order valence-electron chi connectivity index (χ2n) is 7.78. The first-order valence-corrected chi connectivity index (χ1v) is 10.3. The number of benzene rings is 1. The van der Waals surface area contributed by atoms with Crippen molar-refractivity contribution in [3.05, 3.63) is 53.8 Å². The summed E-state index contributed by atoms with van der Waals surface area (Å²) in [6.07, 6.45) is 5.18. The van der Waals surface area contributed by atoms with E-state index in [-0.39, 0.29) is 18.1 Å². The number of alkyl halides is 2. The molecule has 0 spiro atoms. The largest absolute Gasteiger partial charge is 0.496 e. The smallest absolute Gasteiger partial charge is 0.268 e. The van der Waals surface area contributed by atoms with Crippen molar-refractivity contribution in [2.45, 2.75) is 32.7 Å². The van der Waals surface area contributed by atoms with Crippen LogP contribution in [0, 0.1) is 0 Å². The molecule has 2 N–H and O–H groups in total. The van der Waals surface area contributed by atoms with Crippen LogP contribution in [0.5, 0.6) is 5.75 Å². The van der Waals surface area contributed by atoms with E-state index in [1.807, 2.05) is 25.1 Å². The summed E-state index contributed by atoms with van der Waals surface area (Å²) in [6.45, 7) is 7.22. The number of guanidine groups is 1. The van der Waals surface area contributed by atoms with Gasteiger partial charge >= 0.3 is 0 Å². The molecule has 2 rings (SSSR count). The lowest BCUT2D eigenvalue weighted by atomic mass is 10.0. The summed E-state index contributed by atoms with van der Waals surface area (Å²) < 4.78 is 36.8. The van der Waals surface area contributed by atoms with Gasteiger partial charge in [-0.15, -0.1) is 0 Å². The van der Waals surface area contributed by atoms with Gasteiger partial charge in [-0.25, -0.2) is 13.8 Å². The van der Waals surface area contributed by atoms with Gasteiger partial charge in [0.15, 0.2) is 5.78 Å². The number of ether oxygens (including phenoxy) is 2. The molecule has 178 valence electrons. The number of ketones is 1. The van der Waals surface area contributed by atoms with Crippen LogP contribution in [0.4, 0.5) is 14.5 Å². The molecule has 33 heavy (non-hydrogen) atoms. The average Bonchev–Trinajstić information content (AvgIpc) is 2.72. The van der Waals surface area contributed by atoms with E-state index in [1.165, 1.54) is 6.92 Å². The molecule has 0 fully saturated rings. The monoisotopic (exact) mass is 460 g/mol. The molecule has 1 aliphatic rings. The SMILES string of the molecule is C=C(C)/C=C(\C=N/C)c1ccc(NC2=NC(C(C)=O)=CC(COCC(C)(F)F)N2)cc1OC. The summed E-state index contributed by atoms with van der Waals surface area (Å²) in [4.78, 5) is 20.3. The van der Waals surface area contributed by atoms with Gasteiger partial charge in [0.05, 0.1) is 19.8 Å². The molecule has 1 atom stereocenters. The molecule has 1 aromatic carbocycles. The van der Waals surface area contributed by atoms with Gasteiger partial charge in [0, 0.05) is 50.0 Å². The Balaban J connectivity index is 2.25. The third-order valence-corrected chi connectivity index (χ3v) is 4.37. The first-order chi connectivity index (χ1) is 15.5. The Morgan fingerprint density at radius 3 is 2.70 bits per heavy atom. The number of Topliss-reactive ketones (excluding diaryl/α,β-unsaturated/α-hetero) is 1. The van der Waals surface area contributed by atoms with Gasteiger partial charge in [-0.2, -0.15) is 0 Å². The highest BCUT2D eigenvalue weighted by molar-refractivity contribution is 6.11. The molecule has 1 aliphatic heterocycles. The van der Waals surface area contributed by atoms with E-state index in [9.17, 15) is 13.6 Å². The zero-order valence-corrected chi connectivity index (χ0v) is 19.5. The fourth-order valence-corrected chi connectivity index (χ4v) is 3.05. The number of anilines is 1. The van der Waals surface area contributed by atoms with Gasteiger partial charge in [0.2, 0.25) is 5.96 Å². The van der Waals surface area contributed by atoms with Crippen LogP contribution in [-0.2, 0) is 9.53 Å². The Hall–Kier alpha value is -3.33. The Labute approximate surface area is 193 Å². The van der Waals surface area contributed by atoms with Gasteiger partial charge in [-0.1, -0.05) is 18.2 Å². The zero-order chi connectivity index (χ0) is 24.6. The van der Waals surface area contributed by atoms with Gasteiger partial charge in [0.1, 0.15) is 18.1 Å². The first-order valence-electron chi connectivity index (χ1n) is 10.3. The molecular weight excluding hydrogens is 430 g/mol. The molecule has 0 amide bonds. The standard InChI is InChI=1S/C24H30F2N4O3/c1-15(2)9-17(12-27-5)20-8-7-18(11-22(20)32-6)28-23-29-19(10-21(30-23)16(3)31)13-33-14-24(4,25)26/h7-12,19H,1,13-14H2,2-6H3,(H2,28,29,30)/b17-9+,27-12-. The van der Waals surface area contributed by atoms with E-state index in [0.717, 1.165) is 23.6 Å². The summed E-state index contributed by atoms with van der Waals surface area (Å²) in [5, 5.41) is 6.16. The van der Waals surface area contributed by atoms with Crippen LogP contribution in [0.25, 0.3) is 5.57 Å². The summed E-state index contributed by atoms with van der Waals surface area (Å²) in [7, 11) is 3.25. The Morgan fingerprint density at radius 1 is 1.39 bits per heavy atom. The maximum Gasteiger partial charge on any atom is 0.268 e. The van der Waals surface area contributed by atoms with Crippen molar-refractivity contribution in [1.82, 2.24) is 5.32 Å².